The van der Waals surface area contributed by atoms with E-state index in [4.69, 9.17) is 0 Å². The lowest BCUT2D eigenvalue weighted by molar-refractivity contribution is 0.0498. The highest BCUT2D eigenvalue weighted by Crippen LogP contribution is 2.34. The van der Waals surface area contributed by atoms with Crippen molar-refractivity contribution in [2.75, 3.05) is 26.2 Å². The molecule has 2 amide bonds. The standard InChI is InChI=1S/C17H30N4O/c1-17(8-9-18-12-17)20-10-6-13(7-11-20)21-15-5-3-2-4-14(15)19-16(21)22/h13-15,18H,2-12H2,1H3,(H,19,22)/t14-,15-,17?/m0/s1. The zero-order valence-corrected chi connectivity index (χ0v) is 13.8. The first-order valence-corrected chi connectivity index (χ1v) is 9.22. The number of likely N-dealkylation sites (tertiary alicyclic amines) is 1. The maximum atomic E-state index is 12.4. The number of hydrogen-bond donors (Lipinski definition) is 2. The van der Waals surface area contributed by atoms with Crippen molar-refractivity contribution in [1.82, 2.24) is 20.4 Å². The van der Waals surface area contributed by atoms with Gasteiger partial charge in [0.25, 0.3) is 0 Å². The van der Waals surface area contributed by atoms with E-state index in [0.717, 1.165) is 39.0 Å². The SMILES string of the molecule is CC1(N2CCC(N3C(=O)N[C@H]4CCCC[C@@H]43)CC2)CCNC1. The average molecular weight is 306 g/mol. The molecule has 1 saturated carbocycles. The van der Waals surface area contributed by atoms with Gasteiger partial charge in [0.05, 0.1) is 12.1 Å². The first-order chi connectivity index (χ1) is 10.7. The highest BCUT2D eigenvalue weighted by atomic mass is 16.2. The molecule has 2 N–H and O–H groups in total. The molecule has 1 aliphatic carbocycles. The molecule has 0 aromatic heterocycles. The van der Waals surface area contributed by atoms with Gasteiger partial charge in [-0.1, -0.05) is 12.8 Å². The van der Waals surface area contributed by atoms with Crippen molar-refractivity contribution in [2.45, 2.75) is 75.5 Å². The number of nitrogens with one attached hydrogen (secondary N) is 2. The highest BCUT2D eigenvalue weighted by Gasteiger charge is 2.45. The van der Waals surface area contributed by atoms with Crippen LogP contribution in [0.2, 0.25) is 0 Å². The molecule has 124 valence electrons. The van der Waals surface area contributed by atoms with Crippen molar-refractivity contribution in [3.8, 4) is 0 Å². The van der Waals surface area contributed by atoms with E-state index < -0.39 is 0 Å². The van der Waals surface area contributed by atoms with Crippen molar-refractivity contribution in [1.29, 1.82) is 0 Å². The molecule has 3 aliphatic heterocycles. The molecular formula is C17H30N4O. The molecule has 4 aliphatic rings. The predicted molar refractivity (Wildman–Crippen MR) is 86.9 cm³/mol. The van der Waals surface area contributed by atoms with E-state index in [2.05, 4.69) is 27.4 Å². The summed E-state index contributed by atoms with van der Waals surface area (Å²) in [6, 6.07) is 1.57. The van der Waals surface area contributed by atoms with Gasteiger partial charge < -0.3 is 15.5 Å². The third kappa shape index (κ3) is 2.42. The average Bonchev–Trinajstić information content (AvgIpc) is 3.11. The molecule has 0 radical (unpaired) electrons. The summed E-state index contributed by atoms with van der Waals surface area (Å²) in [4.78, 5) is 17.3. The van der Waals surface area contributed by atoms with Crippen LogP contribution >= 0.6 is 0 Å². The zero-order chi connectivity index (χ0) is 15.2. The Morgan fingerprint density at radius 2 is 1.91 bits per heavy atom. The summed E-state index contributed by atoms with van der Waals surface area (Å²) in [5.74, 6) is 0. The number of hydrogen-bond acceptors (Lipinski definition) is 3. The predicted octanol–water partition coefficient (Wildman–Crippen LogP) is 1.54. The second-order valence-electron chi connectivity index (χ2n) is 7.96. The molecule has 5 nitrogen and oxygen atoms in total. The molecular weight excluding hydrogens is 276 g/mol. The van der Waals surface area contributed by atoms with Gasteiger partial charge in [0, 0.05) is 31.2 Å². The monoisotopic (exact) mass is 306 g/mol. The van der Waals surface area contributed by atoms with E-state index in [1.54, 1.807) is 0 Å². The highest BCUT2D eigenvalue weighted by molar-refractivity contribution is 5.78. The van der Waals surface area contributed by atoms with Crippen molar-refractivity contribution in [3.63, 3.8) is 0 Å². The first-order valence-electron chi connectivity index (χ1n) is 9.22. The van der Waals surface area contributed by atoms with Crippen molar-refractivity contribution in [2.24, 2.45) is 0 Å². The van der Waals surface area contributed by atoms with Crippen LogP contribution in [0.5, 0.6) is 0 Å². The summed E-state index contributed by atoms with van der Waals surface area (Å²) in [6.07, 6.45) is 8.49. The molecule has 3 heterocycles. The summed E-state index contributed by atoms with van der Waals surface area (Å²) >= 11 is 0. The Kier molecular flexibility index (Phi) is 3.81. The van der Waals surface area contributed by atoms with E-state index in [0.29, 0.717) is 23.7 Å². The minimum absolute atomic E-state index is 0.212. The van der Waals surface area contributed by atoms with Gasteiger partial charge in [-0.05, 0) is 45.6 Å². The van der Waals surface area contributed by atoms with Crippen molar-refractivity contribution in [3.05, 3.63) is 0 Å². The Labute approximate surface area is 133 Å². The fourth-order valence-electron chi connectivity index (χ4n) is 5.19. The number of urea groups is 1. The van der Waals surface area contributed by atoms with Crippen molar-refractivity contribution >= 4 is 6.03 Å². The Balaban J connectivity index is 1.40. The van der Waals surface area contributed by atoms with Crippen molar-refractivity contribution < 1.29 is 4.79 Å². The third-order valence-corrected chi connectivity index (χ3v) is 6.60. The number of carbonyl (C=O) groups is 1. The van der Waals surface area contributed by atoms with Crippen LogP contribution in [0, 0.1) is 0 Å². The molecule has 22 heavy (non-hydrogen) atoms. The van der Waals surface area contributed by atoms with E-state index >= 15 is 0 Å². The summed E-state index contributed by atoms with van der Waals surface area (Å²) < 4.78 is 0. The van der Waals surface area contributed by atoms with Crippen LogP contribution in [0.1, 0.15) is 51.9 Å². The lowest BCUT2D eigenvalue weighted by atomic mass is 9.88. The van der Waals surface area contributed by atoms with Crippen LogP contribution in [0.15, 0.2) is 0 Å². The Morgan fingerprint density at radius 3 is 2.64 bits per heavy atom. The molecule has 0 aromatic rings. The van der Waals surface area contributed by atoms with Gasteiger partial charge >= 0.3 is 6.03 Å². The normalized spacial score (nSPS) is 40.8. The van der Waals surface area contributed by atoms with Crippen LogP contribution in [0.4, 0.5) is 4.79 Å². The Hall–Kier alpha value is -0.810. The van der Waals surface area contributed by atoms with Gasteiger partial charge in [0.2, 0.25) is 0 Å². The van der Waals surface area contributed by atoms with Crippen LogP contribution in [0.3, 0.4) is 0 Å². The van der Waals surface area contributed by atoms with Crippen LogP contribution < -0.4 is 10.6 Å². The second-order valence-corrected chi connectivity index (χ2v) is 7.96. The smallest absolute Gasteiger partial charge is 0.318 e. The fraction of sp³-hybridized carbons (Fsp3) is 0.941. The second kappa shape index (κ2) is 5.68. The molecule has 3 atom stereocenters. The summed E-state index contributed by atoms with van der Waals surface area (Å²) in [6.45, 7) is 6.95. The molecule has 0 aromatic carbocycles. The molecule has 3 saturated heterocycles. The van der Waals surface area contributed by atoms with Crippen LogP contribution in [-0.4, -0.2) is 65.7 Å². The van der Waals surface area contributed by atoms with Gasteiger partial charge in [-0.15, -0.1) is 0 Å². The topological polar surface area (TPSA) is 47.6 Å². The largest absolute Gasteiger partial charge is 0.333 e. The van der Waals surface area contributed by atoms with Gasteiger partial charge in [0.15, 0.2) is 0 Å². The van der Waals surface area contributed by atoms with Gasteiger partial charge in [-0.25, -0.2) is 4.79 Å². The van der Waals surface area contributed by atoms with Crippen LogP contribution in [0.25, 0.3) is 0 Å². The van der Waals surface area contributed by atoms with E-state index in [9.17, 15) is 4.79 Å². The zero-order valence-electron chi connectivity index (χ0n) is 13.8. The number of amides is 2. The first kappa shape index (κ1) is 14.8. The maximum Gasteiger partial charge on any atom is 0.318 e. The number of carbonyl (C=O) groups excluding carboxylic acids is 1. The maximum absolute atomic E-state index is 12.4. The fourth-order valence-corrected chi connectivity index (χ4v) is 5.19. The van der Waals surface area contributed by atoms with Gasteiger partial charge in [-0.3, -0.25) is 4.90 Å². The Morgan fingerprint density at radius 1 is 1.14 bits per heavy atom. The Bertz CT molecular complexity index is 426. The van der Waals surface area contributed by atoms with E-state index in [1.165, 1.54) is 32.1 Å². The summed E-state index contributed by atoms with van der Waals surface area (Å²) in [7, 11) is 0. The lowest BCUT2D eigenvalue weighted by Gasteiger charge is -2.45. The quantitative estimate of drug-likeness (QED) is 0.813. The van der Waals surface area contributed by atoms with Gasteiger partial charge in [-0.2, -0.15) is 0 Å². The minimum Gasteiger partial charge on any atom is -0.333 e. The molecule has 1 unspecified atom stereocenters. The molecule has 0 spiro atoms. The van der Waals surface area contributed by atoms with Gasteiger partial charge in [0.1, 0.15) is 0 Å². The molecule has 4 rings (SSSR count). The third-order valence-electron chi connectivity index (χ3n) is 6.60. The number of nitrogens with zero attached hydrogens (tertiary/aromatic N) is 2. The van der Waals surface area contributed by atoms with Crippen LogP contribution in [-0.2, 0) is 0 Å². The summed E-state index contributed by atoms with van der Waals surface area (Å²) in [5, 5.41) is 6.74. The summed E-state index contributed by atoms with van der Waals surface area (Å²) in [5.41, 5.74) is 0.339. The molecule has 5 heteroatoms. The van der Waals surface area contributed by atoms with E-state index in [-0.39, 0.29) is 6.03 Å². The number of rotatable bonds is 2. The lowest BCUT2D eigenvalue weighted by Crippen LogP contribution is -2.56. The minimum atomic E-state index is 0.212. The number of piperidine rings is 1. The number of fused-ring (bicyclic) bond motifs is 1. The van der Waals surface area contributed by atoms with E-state index in [1.807, 2.05) is 0 Å². The molecule has 0 bridgehead atoms. The molecule has 4 fully saturated rings.